The molecule has 0 radical (unpaired) electrons. The van der Waals surface area contributed by atoms with E-state index in [2.05, 4.69) is 6.92 Å². The molecule has 0 atom stereocenters. The van der Waals surface area contributed by atoms with Gasteiger partial charge in [0.2, 0.25) is 0 Å². The molecule has 0 bridgehead atoms. The van der Waals surface area contributed by atoms with Crippen LogP contribution in [0, 0.1) is 0 Å². The lowest BCUT2D eigenvalue weighted by molar-refractivity contribution is 0.0784. The molecular weight excluding hydrogens is 200 g/mol. The third-order valence-electron chi connectivity index (χ3n) is 2.67. The minimum atomic E-state index is -0.842. The molecule has 0 aliphatic rings. The van der Waals surface area contributed by atoms with Gasteiger partial charge in [-0.3, -0.25) is 4.79 Å². The van der Waals surface area contributed by atoms with Gasteiger partial charge in [0.25, 0.3) is 0 Å². The van der Waals surface area contributed by atoms with E-state index < -0.39 is 5.60 Å². The molecule has 0 spiro atoms. The molecule has 1 rings (SSSR count). The van der Waals surface area contributed by atoms with Crippen molar-refractivity contribution in [3.8, 4) is 0 Å². The second-order valence-corrected chi connectivity index (χ2v) is 4.66. The molecular formula is C14H20O2. The summed E-state index contributed by atoms with van der Waals surface area (Å²) < 4.78 is 0. The van der Waals surface area contributed by atoms with Crippen LogP contribution in [-0.2, 0) is 5.60 Å². The zero-order valence-corrected chi connectivity index (χ0v) is 10.3. The molecule has 0 saturated carbocycles. The Balaban J connectivity index is 2.75. The van der Waals surface area contributed by atoms with E-state index in [0.29, 0.717) is 6.42 Å². The average Bonchev–Trinajstić information content (AvgIpc) is 2.25. The number of hydrogen-bond acceptors (Lipinski definition) is 2. The van der Waals surface area contributed by atoms with Crippen molar-refractivity contribution in [1.29, 1.82) is 0 Å². The first-order chi connectivity index (χ1) is 7.45. The van der Waals surface area contributed by atoms with Gasteiger partial charge in [0, 0.05) is 12.0 Å². The van der Waals surface area contributed by atoms with Gasteiger partial charge in [-0.1, -0.05) is 37.6 Å². The zero-order chi connectivity index (χ0) is 12.2. The van der Waals surface area contributed by atoms with E-state index in [-0.39, 0.29) is 5.78 Å². The van der Waals surface area contributed by atoms with Crippen LogP contribution in [0.2, 0.25) is 0 Å². The Morgan fingerprint density at radius 2 is 1.81 bits per heavy atom. The number of ketones is 1. The first-order valence-corrected chi connectivity index (χ1v) is 5.81. The van der Waals surface area contributed by atoms with Crippen LogP contribution in [0.3, 0.4) is 0 Å². The van der Waals surface area contributed by atoms with Crippen LogP contribution in [0.4, 0.5) is 0 Å². The van der Waals surface area contributed by atoms with Gasteiger partial charge < -0.3 is 5.11 Å². The summed E-state index contributed by atoms with van der Waals surface area (Å²) in [7, 11) is 0. The molecule has 0 amide bonds. The van der Waals surface area contributed by atoms with E-state index in [0.717, 1.165) is 24.0 Å². The van der Waals surface area contributed by atoms with Crippen LogP contribution >= 0.6 is 0 Å². The van der Waals surface area contributed by atoms with Gasteiger partial charge in [-0.25, -0.2) is 0 Å². The van der Waals surface area contributed by atoms with Crippen molar-refractivity contribution in [1.82, 2.24) is 0 Å². The van der Waals surface area contributed by atoms with Crippen LogP contribution in [0.1, 0.15) is 56.0 Å². The highest BCUT2D eigenvalue weighted by Gasteiger charge is 2.15. The minimum absolute atomic E-state index is 0.184. The monoisotopic (exact) mass is 220 g/mol. The molecule has 16 heavy (non-hydrogen) atoms. The molecule has 88 valence electrons. The van der Waals surface area contributed by atoms with Crippen molar-refractivity contribution in [2.75, 3.05) is 0 Å². The number of rotatable bonds is 5. The maximum Gasteiger partial charge on any atom is 0.162 e. The average molecular weight is 220 g/mol. The van der Waals surface area contributed by atoms with E-state index in [1.165, 1.54) is 0 Å². The summed E-state index contributed by atoms with van der Waals surface area (Å²) in [5, 5.41) is 9.77. The van der Waals surface area contributed by atoms with Gasteiger partial charge in [-0.05, 0) is 25.8 Å². The highest BCUT2D eigenvalue weighted by atomic mass is 16.3. The van der Waals surface area contributed by atoms with Gasteiger partial charge in [-0.15, -0.1) is 0 Å². The topological polar surface area (TPSA) is 37.3 Å². The summed E-state index contributed by atoms with van der Waals surface area (Å²) in [6.45, 7) is 5.55. The number of aliphatic hydroxyl groups is 1. The first kappa shape index (κ1) is 12.9. The summed E-state index contributed by atoms with van der Waals surface area (Å²) in [5.74, 6) is 0.184. The molecule has 1 aromatic rings. The van der Waals surface area contributed by atoms with E-state index in [1.807, 2.05) is 12.1 Å². The number of Topliss-reactive ketones (excluding diaryl/α,β-unsaturated/α-hetero) is 1. The lowest BCUT2D eigenvalue weighted by Crippen LogP contribution is -2.15. The Morgan fingerprint density at radius 1 is 1.25 bits per heavy atom. The van der Waals surface area contributed by atoms with E-state index >= 15 is 0 Å². The lowest BCUT2D eigenvalue weighted by Gasteiger charge is -2.17. The second-order valence-electron chi connectivity index (χ2n) is 4.66. The SMILES string of the molecule is CCCCC(=O)c1ccc(C(C)(C)O)cc1. The Hall–Kier alpha value is -1.15. The van der Waals surface area contributed by atoms with Crippen molar-refractivity contribution < 1.29 is 9.90 Å². The molecule has 2 nitrogen and oxygen atoms in total. The van der Waals surface area contributed by atoms with Gasteiger partial charge in [0.1, 0.15) is 0 Å². The maximum atomic E-state index is 11.7. The van der Waals surface area contributed by atoms with Gasteiger partial charge in [-0.2, -0.15) is 0 Å². The van der Waals surface area contributed by atoms with Crippen molar-refractivity contribution in [2.24, 2.45) is 0 Å². The summed E-state index contributed by atoms with van der Waals surface area (Å²) in [6, 6.07) is 7.23. The molecule has 0 aliphatic carbocycles. The Labute approximate surface area is 97.3 Å². The zero-order valence-electron chi connectivity index (χ0n) is 10.3. The second kappa shape index (κ2) is 5.26. The predicted octanol–water partition coefficient (Wildman–Crippen LogP) is 3.29. The standard InChI is InChI=1S/C14H20O2/c1-4-5-6-13(15)11-7-9-12(10-8-11)14(2,3)16/h7-10,16H,4-6H2,1-3H3. The lowest BCUT2D eigenvalue weighted by atomic mass is 9.96. The number of benzene rings is 1. The summed E-state index contributed by atoms with van der Waals surface area (Å²) in [6.07, 6.45) is 2.58. The van der Waals surface area contributed by atoms with E-state index in [9.17, 15) is 9.90 Å². The Kier molecular flexibility index (Phi) is 4.25. The highest BCUT2D eigenvalue weighted by Crippen LogP contribution is 2.20. The number of carbonyl (C=O) groups excluding carboxylic acids is 1. The molecule has 0 unspecified atom stereocenters. The Morgan fingerprint density at radius 3 is 2.25 bits per heavy atom. The normalized spacial score (nSPS) is 11.5. The fraction of sp³-hybridized carbons (Fsp3) is 0.500. The van der Waals surface area contributed by atoms with Gasteiger partial charge in [0.15, 0.2) is 5.78 Å². The third kappa shape index (κ3) is 3.46. The third-order valence-corrected chi connectivity index (χ3v) is 2.67. The fourth-order valence-corrected chi connectivity index (χ4v) is 1.55. The largest absolute Gasteiger partial charge is 0.386 e. The number of unbranched alkanes of at least 4 members (excludes halogenated alkanes) is 1. The van der Waals surface area contributed by atoms with Crippen molar-refractivity contribution in [2.45, 2.75) is 45.6 Å². The molecule has 2 heteroatoms. The fourth-order valence-electron chi connectivity index (χ4n) is 1.55. The quantitative estimate of drug-likeness (QED) is 0.773. The minimum Gasteiger partial charge on any atom is -0.386 e. The smallest absolute Gasteiger partial charge is 0.162 e. The molecule has 0 aromatic heterocycles. The van der Waals surface area contributed by atoms with E-state index in [4.69, 9.17) is 0 Å². The van der Waals surface area contributed by atoms with E-state index in [1.54, 1.807) is 26.0 Å². The molecule has 0 fully saturated rings. The van der Waals surface area contributed by atoms with Crippen LogP contribution in [0.15, 0.2) is 24.3 Å². The molecule has 1 N–H and O–H groups in total. The molecule has 0 saturated heterocycles. The van der Waals surface area contributed by atoms with Gasteiger partial charge in [0.05, 0.1) is 5.60 Å². The van der Waals surface area contributed by atoms with Crippen molar-refractivity contribution >= 4 is 5.78 Å². The summed E-state index contributed by atoms with van der Waals surface area (Å²) >= 11 is 0. The Bertz CT molecular complexity index is 344. The molecule has 0 aliphatic heterocycles. The summed E-state index contributed by atoms with van der Waals surface area (Å²) in [5.41, 5.74) is 0.728. The van der Waals surface area contributed by atoms with Crippen molar-refractivity contribution in [3.63, 3.8) is 0 Å². The highest BCUT2D eigenvalue weighted by molar-refractivity contribution is 5.96. The maximum absolute atomic E-state index is 11.7. The van der Waals surface area contributed by atoms with Crippen molar-refractivity contribution in [3.05, 3.63) is 35.4 Å². The van der Waals surface area contributed by atoms with Crippen LogP contribution < -0.4 is 0 Å². The van der Waals surface area contributed by atoms with Gasteiger partial charge >= 0.3 is 0 Å². The predicted molar refractivity (Wildman–Crippen MR) is 65.5 cm³/mol. The molecule has 0 heterocycles. The number of hydrogen-bond donors (Lipinski definition) is 1. The number of carbonyl (C=O) groups is 1. The van der Waals surface area contributed by atoms with Crippen LogP contribution in [-0.4, -0.2) is 10.9 Å². The molecule has 1 aromatic carbocycles. The summed E-state index contributed by atoms with van der Waals surface area (Å²) in [4.78, 5) is 11.7. The first-order valence-electron chi connectivity index (χ1n) is 5.81. The van der Waals surface area contributed by atoms with Crippen LogP contribution in [0.25, 0.3) is 0 Å². The van der Waals surface area contributed by atoms with Crippen LogP contribution in [0.5, 0.6) is 0 Å².